The average Bonchev–Trinajstić information content (AvgIpc) is 3.10. The normalized spacial score (nSPS) is 11.3. The number of hydrogen-bond acceptors (Lipinski definition) is 5. The fraction of sp³-hybridized carbons (Fsp3) is 0.250. The molecule has 0 fully saturated rings. The minimum atomic E-state index is -0.470. The van der Waals surface area contributed by atoms with Gasteiger partial charge in [0.15, 0.2) is 0 Å². The highest BCUT2D eigenvalue weighted by atomic mass is 16.5. The lowest BCUT2D eigenvalue weighted by Crippen LogP contribution is -2.09. The van der Waals surface area contributed by atoms with Crippen LogP contribution in [-0.4, -0.2) is 30.0 Å². The molecule has 0 aliphatic heterocycles. The van der Waals surface area contributed by atoms with Gasteiger partial charge in [-0.25, -0.2) is 9.48 Å². The molecule has 2 aromatic carbocycles. The summed E-state index contributed by atoms with van der Waals surface area (Å²) in [7, 11) is 4.68. The minimum Gasteiger partial charge on any atom is -0.503 e. The molecular weight excluding hydrogens is 380 g/mol. The van der Waals surface area contributed by atoms with Crippen molar-refractivity contribution in [2.24, 2.45) is 7.05 Å². The second-order valence-electron chi connectivity index (χ2n) is 7.01. The highest BCUT2D eigenvalue weighted by molar-refractivity contribution is 6.16. The van der Waals surface area contributed by atoms with E-state index in [1.54, 1.807) is 4.68 Å². The zero-order valence-electron chi connectivity index (χ0n) is 17.9. The lowest BCUT2D eigenvalue weighted by molar-refractivity contribution is -0.133. The number of methoxy groups -OCH3 is 2. The predicted molar refractivity (Wildman–Crippen MR) is 116 cm³/mol. The molecule has 0 aliphatic rings. The first kappa shape index (κ1) is 21.2. The number of rotatable bonds is 7. The summed E-state index contributed by atoms with van der Waals surface area (Å²) in [6.45, 7) is 4.41. The van der Waals surface area contributed by atoms with Crippen molar-refractivity contribution in [1.29, 1.82) is 0 Å². The van der Waals surface area contributed by atoms with E-state index < -0.39 is 5.97 Å². The Balaban J connectivity index is 1.86. The highest BCUT2D eigenvalue weighted by Crippen LogP contribution is 2.28. The van der Waals surface area contributed by atoms with Gasteiger partial charge in [0.05, 0.1) is 26.2 Å². The molecule has 0 saturated carbocycles. The monoisotopic (exact) mass is 406 g/mol. The Labute approximate surface area is 176 Å². The van der Waals surface area contributed by atoms with Gasteiger partial charge in [0.25, 0.3) is 0 Å². The lowest BCUT2D eigenvalue weighted by Gasteiger charge is -2.12. The van der Waals surface area contributed by atoms with E-state index >= 15 is 0 Å². The van der Waals surface area contributed by atoms with Crippen LogP contribution in [0.5, 0.6) is 5.88 Å². The first-order valence-electron chi connectivity index (χ1n) is 9.58. The van der Waals surface area contributed by atoms with Gasteiger partial charge in [-0.1, -0.05) is 48.0 Å². The van der Waals surface area contributed by atoms with Crippen molar-refractivity contribution < 1.29 is 19.0 Å². The smallest absolute Gasteiger partial charge is 0.341 e. The van der Waals surface area contributed by atoms with E-state index in [1.165, 1.54) is 26.0 Å². The summed E-state index contributed by atoms with van der Waals surface area (Å²) < 4.78 is 17.7. The number of aryl methyl sites for hydroxylation is 3. The molecule has 0 saturated heterocycles. The van der Waals surface area contributed by atoms with Crippen LogP contribution >= 0.6 is 0 Å². The van der Waals surface area contributed by atoms with Crippen molar-refractivity contribution in [3.8, 4) is 17.1 Å². The van der Waals surface area contributed by atoms with Crippen LogP contribution in [0.3, 0.4) is 0 Å². The number of nitrogens with zero attached hydrogens (tertiary/aromatic N) is 2. The molecule has 3 rings (SSSR count). The van der Waals surface area contributed by atoms with E-state index in [2.05, 4.69) is 37.1 Å². The van der Waals surface area contributed by atoms with Gasteiger partial charge in [0, 0.05) is 18.7 Å². The van der Waals surface area contributed by atoms with Gasteiger partial charge in [0.1, 0.15) is 12.2 Å². The Hall–Kier alpha value is -3.54. The van der Waals surface area contributed by atoms with Gasteiger partial charge < -0.3 is 14.2 Å². The SMILES string of the molecule is CO/C=C(/C(=O)OC)c1ccccc1COc1cc(-c2ccc(C)cc2C)nn1C. The highest BCUT2D eigenvalue weighted by Gasteiger charge is 2.17. The third kappa shape index (κ3) is 4.54. The molecule has 3 aromatic rings. The van der Waals surface area contributed by atoms with E-state index in [0.717, 1.165) is 22.4 Å². The summed E-state index contributed by atoms with van der Waals surface area (Å²) in [5.41, 5.74) is 6.17. The number of esters is 1. The molecule has 0 atom stereocenters. The first-order chi connectivity index (χ1) is 14.4. The maximum Gasteiger partial charge on any atom is 0.341 e. The summed E-state index contributed by atoms with van der Waals surface area (Å²) in [5, 5.41) is 4.60. The fourth-order valence-corrected chi connectivity index (χ4v) is 3.33. The third-order valence-electron chi connectivity index (χ3n) is 4.82. The second-order valence-corrected chi connectivity index (χ2v) is 7.01. The van der Waals surface area contributed by atoms with Crippen LogP contribution in [-0.2, 0) is 27.9 Å². The van der Waals surface area contributed by atoms with Crippen molar-refractivity contribution >= 4 is 11.5 Å². The topological polar surface area (TPSA) is 62.6 Å². The van der Waals surface area contributed by atoms with Crippen molar-refractivity contribution in [3.63, 3.8) is 0 Å². The molecule has 1 heterocycles. The van der Waals surface area contributed by atoms with Gasteiger partial charge in [-0.15, -0.1) is 0 Å². The van der Waals surface area contributed by atoms with Gasteiger partial charge in [-0.3, -0.25) is 0 Å². The van der Waals surface area contributed by atoms with Crippen molar-refractivity contribution in [1.82, 2.24) is 9.78 Å². The average molecular weight is 406 g/mol. The Morgan fingerprint density at radius 1 is 1.10 bits per heavy atom. The van der Waals surface area contributed by atoms with Gasteiger partial charge in [-0.05, 0) is 30.5 Å². The molecule has 0 spiro atoms. The molecule has 6 nitrogen and oxygen atoms in total. The summed E-state index contributed by atoms with van der Waals surface area (Å²) >= 11 is 0. The molecule has 30 heavy (non-hydrogen) atoms. The van der Waals surface area contributed by atoms with Crippen molar-refractivity contribution in [3.05, 3.63) is 77.0 Å². The van der Waals surface area contributed by atoms with E-state index in [0.29, 0.717) is 17.0 Å². The molecular formula is C24H26N2O4. The van der Waals surface area contributed by atoms with Crippen LogP contribution in [0.25, 0.3) is 16.8 Å². The summed E-state index contributed by atoms with van der Waals surface area (Å²) in [6, 6.07) is 15.7. The largest absolute Gasteiger partial charge is 0.503 e. The number of ether oxygens (including phenoxy) is 3. The van der Waals surface area contributed by atoms with Gasteiger partial charge in [-0.2, -0.15) is 5.10 Å². The van der Waals surface area contributed by atoms with Crippen LogP contribution < -0.4 is 4.74 Å². The fourth-order valence-electron chi connectivity index (χ4n) is 3.33. The number of hydrogen-bond donors (Lipinski definition) is 0. The zero-order chi connectivity index (χ0) is 21.7. The van der Waals surface area contributed by atoms with Crippen molar-refractivity contribution in [2.45, 2.75) is 20.5 Å². The van der Waals surface area contributed by atoms with Gasteiger partial charge in [0.2, 0.25) is 5.88 Å². The Kier molecular flexibility index (Phi) is 6.57. The molecule has 156 valence electrons. The number of carbonyl (C=O) groups excluding carboxylic acids is 1. The Bertz CT molecular complexity index is 1080. The van der Waals surface area contributed by atoms with Crippen LogP contribution in [0.15, 0.2) is 54.8 Å². The molecule has 1 aromatic heterocycles. The number of carbonyl (C=O) groups is 1. The zero-order valence-corrected chi connectivity index (χ0v) is 17.9. The van der Waals surface area contributed by atoms with Crippen LogP contribution in [0.2, 0.25) is 0 Å². The third-order valence-corrected chi connectivity index (χ3v) is 4.82. The van der Waals surface area contributed by atoms with E-state index in [-0.39, 0.29) is 6.61 Å². The van der Waals surface area contributed by atoms with Crippen molar-refractivity contribution in [2.75, 3.05) is 14.2 Å². The number of aromatic nitrogens is 2. The van der Waals surface area contributed by atoms with Gasteiger partial charge >= 0.3 is 5.97 Å². The molecule has 6 heteroatoms. The maximum absolute atomic E-state index is 12.2. The molecule has 0 N–H and O–H groups in total. The van der Waals surface area contributed by atoms with Crippen LogP contribution in [0.4, 0.5) is 0 Å². The summed E-state index contributed by atoms with van der Waals surface area (Å²) in [5.74, 6) is 0.164. The first-order valence-corrected chi connectivity index (χ1v) is 9.58. The lowest BCUT2D eigenvalue weighted by atomic mass is 10.0. The predicted octanol–water partition coefficient (Wildman–Crippen LogP) is 4.44. The Morgan fingerprint density at radius 3 is 2.57 bits per heavy atom. The van der Waals surface area contributed by atoms with Crippen LogP contribution in [0, 0.1) is 13.8 Å². The molecule has 0 radical (unpaired) electrons. The summed E-state index contributed by atoms with van der Waals surface area (Å²) in [4.78, 5) is 12.2. The maximum atomic E-state index is 12.2. The standard InChI is InChI=1S/C24H26N2O4/c1-16-10-11-19(17(2)12-16)22-13-23(26(3)25-22)30-14-18-8-6-7-9-20(18)21(15-28-4)24(27)29-5/h6-13,15H,14H2,1-5H3/b21-15+. The van der Waals surface area contributed by atoms with E-state index in [4.69, 9.17) is 14.2 Å². The minimum absolute atomic E-state index is 0.264. The quantitative estimate of drug-likeness (QED) is 0.330. The Morgan fingerprint density at radius 2 is 1.87 bits per heavy atom. The second kappa shape index (κ2) is 9.31. The molecule has 0 bridgehead atoms. The van der Waals surface area contributed by atoms with E-state index in [1.807, 2.05) is 37.4 Å². The van der Waals surface area contributed by atoms with E-state index in [9.17, 15) is 4.79 Å². The summed E-state index contributed by atoms with van der Waals surface area (Å²) in [6.07, 6.45) is 1.38. The number of benzene rings is 2. The molecule has 0 unspecified atom stereocenters. The molecule has 0 aliphatic carbocycles. The van der Waals surface area contributed by atoms with Crippen LogP contribution in [0.1, 0.15) is 22.3 Å². The molecule has 0 amide bonds.